The molecule has 1 aromatic rings. The SMILES string of the molecule is CCN1Cc2ccc(C(=O)NO)cc2C1. The second-order valence-electron chi connectivity index (χ2n) is 3.73. The normalized spacial score (nSPS) is 15.1. The third-order valence-corrected chi connectivity index (χ3v) is 2.81. The summed E-state index contributed by atoms with van der Waals surface area (Å²) in [5.41, 5.74) is 4.60. The standard InChI is InChI=1S/C11H14N2O2/c1-2-13-6-9-4-3-8(11(14)12-15)5-10(9)7-13/h3-5,15H,2,6-7H2,1H3,(H,12,14). The highest BCUT2D eigenvalue weighted by Gasteiger charge is 2.18. The van der Waals surface area contributed by atoms with E-state index < -0.39 is 5.91 Å². The number of hydrogen-bond acceptors (Lipinski definition) is 3. The first-order valence-corrected chi connectivity index (χ1v) is 5.03. The molecule has 1 heterocycles. The van der Waals surface area contributed by atoms with Gasteiger partial charge >= 0.3 is 0 Å². The molecule has 1 aliphatic heterocycles. The summed E-state index contributed by atoms with van der Waals surface area (Å²) < 4.78 is 0. The largest absolute Gasteiger partial charge is 0.295 e. The van der Waals surface area contributed by atoms with Gasteiger partial charge in [-0.05, 0) is 29.8 Å². The molecule has 2 rings (SSSR count). The number of hydrogen-bond donors (Lipinski definition) is 2. The Morgan fingerprint density at radius 1 is 1.47 bits per heavy atom. The second-order valence-corrected chi connectivity index (χ2v) is 3.73. The molecule has 0 aromatic heterocycles. The van der Waals surface area contributed by atoms with E-state index in [0.717, 1.165) is 19.6 Å². The summed E-state index contributed by atoms with van der Waals surface area (Å²) in [7, 11) is 0. The second kappa shape index (κ2) is 4.00. The molecule has 15 heavy (non-hydrogen) atoms. The summed E-state index contributed by atoms with van der Waals surface area (Å²) in [5.74, 6) is -0.451. The molecular formula is C11H14N2O2. The van der Waals surface area contributed by atoms with Crippen LogP contribution in [0.25, 0.3) is 0 Å². The maximum absolute atomic E-state index is 11.2. The summed E-state index contributed by atoms with van der Waals surface area (Å²) in [5, 5.41) is 8.52. The van der Waals surface area contributed by atoms with Crippen molar-refractivity contribution in [2.24, 2.45) is 0 Å². The van der Waals surface area contributed by atoms with Crippen LogP contribution in [-0.4, -0.2) is 22.6 Å². The average Bonchev–Trinajstić information content (AvgIpc) is 2.69. The summed E-state index contributed by atoms with van der Waals surface area (Å²) in [6.07, 6.45) is 0. The van der Waals surface area contributed by atoms with Crippen LogP contribution in [0.5, 0.6) is 0 Å². The van der Waals surface area contributed by atoms with Crippen molar-refractivity contribution >= 4 is 5.91 Å². The average molecular weight is 206 g/mol. The van der Waals surface area contributed by atoms with Crippen molar-refractivity contribution < 1.29 is 10.0 Å². The minimum Gasteiger partial charge on any atom is -0.295 e. The van der Waals surface area contributed by atoms with E-state index in [4.69, 9.17) is 5.21 Å². The van der Waals surface area contributed by atoms with Crippen molar-refractivity contribution in [1.82, 2.24) is 10.4 Å². The van der Waals surface area contributed by atoms with Gasteiger partial charge in [0, 0.05) is 18.7 Å². The van der Waals surface area contributed by atoms with Gasteiger partial charge in [-0.15, -0.1) is 0 Å². The first-order valence-electron chi connectivity index (χ1n) is 5.03. The highest BCUT2D eigenvalue weighted by molar-refractivity contribution is 5.93. The van der Waals surface area contributed by atoms with Crippen molar-refractivity contribution in [1.29, 1.82) is 0 Å². The Kier molecular flexibility index (Phi) is 2.70. The van der Waals surface area contributed by atoms with E-state index in [2.05, 4.69) is 11.8 Å². The molecule has 0 saturated heterocycles. The zero-order valence-corrected chi connectivity index (χ0v) is 8.66. The highest BCUT2D eigenvalue weighted by Crippen LogP contribution is 2.23. The molecule has 4 heteroatoms. The van der Waals surface area contributed by atoms with Crippen molar-refractivity contribution in [3.05, 3.63) is 34.9 Å². The molecule has 1 aliphatic rings. The third kappa shape index (κ3) is 1.86. The topological polar surface area (TPSA) is 52.6 Å². The van der Waals surface area contributed by atoms with Crippen LogP contribution in [0, 0.1) is 0 Å². The lowest BCUT2D eigenvalue weighted by Crippen LogP contribution is -2.18. The summed E-state index contributed by atoms with van der Waals surface area (Å²) in [6, 6.07) is 5.54. The minimum absolute atomic E-state index is 0.451. The van der Waals surface area contributed by atoms with Gasteiger partial charge in [0.25, 0.3) is 5.91 Å². The first kappa shape index (κ1) is 10.1. The molecule has 0 unspecified atom stereocenters. The fraction of sp³-hybridized carbons (Fsp3) is 0.364. The zero-order chi connectivity index (χ0) is 10.8. The molecule has 0 bridgehead atoms. The number of hydroxylamine groups is 1. The highest BCUT2D eigenvalue weighted by atomic mass is 16.5. The maximum atomic E-state index is 11.2. The van der Waals surface area contributed by atoms with E-state index in [-0.39, 0.29) is 0 Å². The van der Waals surface area contributed by atoms with Crippen LogP contribution < -0.4 is 5.48 Å². The number of carbonyl (C=O) groups is 1. The lowest BCUT2D eigenvalue weighted by molar-refractivity contribution is 0.0706. The first-order chi connectivity index (χ1) is 7.24. The van der Waals surface area contributed by atoms with Crippen LogP contribution in [0.2, 0.25) is 0 Å². The van der Waals surface area contributed by atoms with Crippen LogP contribution >= 0.6 is 0 Å². The molecule has 0 atom stereocenters. The fourth-order valence-corrected chi connectivity index (χ4v) is 1.89. The summed E-state index contributed by atoms with van der Waals surface area (Å²) in [4.78, 5) is 13.5. The van der Waals surface area contributed by atoms with E-state index in [1.165, 1.54) is 11.1 Å². The molecule has 80 valence electrons. The van der Waals surface area contributed by atoms with E-state index in [1.54, 1.807) is 11.5 Å². The van der Waals surface area contributed by atoms with Gasteiger partial charge in [-0.1, -0.05) is 13.0 Å². The Labute approximate surface area is 88.5 Å². The Hall–Kier alpha value is -1.39. The van der Waals surface area contributed by atoms with Gasteiger partial charge in [-0.25, -0.2) is 5.48 Å². The molecule has 0 radical (unpaired) electrons. The molecule has 1 amide bonds. The van der Waals surface area contributed by atoms with Gasteiger partial charge in [0.05, 0.1) is 0 Å². The quantitative estimate of drug-likeness (QED) is 0.563. The number of benzene rings is 1. The van der Waals surface area contributed by atoms with E-state index in [9.17, 15) is 4.79 Å². The molecular weight excluding hydrogens is 192 g/mol. The molecule has 0 saturated carbocycles. The lowest BCUT2D eigenvalue weighted by atomic mass is 10.1. The van der Waals surface area contributed by atoms with Crippen LogP contribution in [0.4, 0.5) is 0 Å². The summed E-state index contributed by atoms with van der Waals surface area (Å²) >= 11 is 0. The van der Waals surface area contributed by atoms with Crippen molar-refractivity contribution in [2.45, 2.75) is 20.0 Å². The molecule has 4 nitrogen and oxygen atoms in total. The van der Waals surface area contributed by atoms with E-state index >= 15 is 0 Å². The number of carbonyl (C=O) groups excluding carboxylic acids is 1. The van der Waals surface area contributed by atoms with Gasteiger partial charge in [0.15, 0.2) is 0 Å². The number of amides is 1. The Morgan fingerprint density at radius 3 is 2.87 bits per heavy atom. The molecule has 0 fully saturated rings. The predicted octanol–water partition coefficient (Wildman–Crippen LogP) is 1.14. The van der Waals surface area contributed by atoms with Crippen molar-refractivity contribution in [3.8, 4) is 0 Å². The number of nitrogens with one attached hydrogen (secondary N) is 1. The minimum atomic E-state index is -0.451. The van der Waals surface area contributed by atoms with Gasteiger partial charge in [-0.2, -0.15) is 0 Å². The van der Waals surface area contributed by atoms with Crippen molar-refractivity contribution in [3.63, 3.8) is 0 Å². The Bertz CT molecular complexity index is 390. The summed E-state index contributed by atoms with van der Waals surface area (Å²) in [6.45, 7) is 4.97. The van der Waals surface area contributed by atoms with Crippen LogP contribution in [-0.2, 0) is 13.1 Å². The third-order valence-electron chi connectivity index (χ3n) is 2.81. The van der Waals surface area contributed by atoms with E-state index in [0.29, 0.717) is 5.56 Å². The Balaban J connectivity index is 2.26. The number of fused-ring (bicyclic) bond motifs is 1. The zero-order valence-electron chi connectivity index (χ0n) is 8.66. The van der Waals surface area contributed by atoms with Crippen molar-refractivity contribution in [2.75, 3.05) is 6.54 Å². The molecule has 2 N–H and O–H groups in total. The van der Waals surface area contributed by atoms with Crippen LogP contribution in [0.1, 0.15) is 28.4 Å². The number of rotatable bonds is 2. The number of nitrogens with zero attached hydrogens (tertiary/aromatic N) is 1. The Morgan fingerprint density at radius 2 is 2.20 bits per heavy atom. The fourth-order valence-electron chi connectivity index (χ4n) is 1.89. The van der Waals surface area contributed by atoms with Gasteiger partial charge in [0.2, 0.25) is 0 Å². The smallest absolute Gasteiger partial charge is 0.274 e. The maximum Gasteiger partial charge on any atom is 0.274 e. The molecule has 0 aliphatic carbocycles. The monoisotopic (exact) mass is 206 g/mol. The van der Waals surface area contributed by atoms with Gasteiger partial charge in [-0.3, -0.25) is 14.9 Å². The van der Waals surface area contributed by atoms with E-state index in [1.807, 2.05) is 12.1 Å². The van der Waals surface area contributed by atoms with Crippen LogP contribution in [0.15, 0.2) is 18.2 Å². The predicted molar refractivity (Wildman–Crippen MR) is 55.5 cm³/mol. The molecule has 1 aromatic carbocycles. The van der Waals surface area contributed by atoms with Gasteiger partial charge in [0.1, 0.15) is 0 Å². The lowest BCUT2D eigenvalue weighted by Gasteiger charge is -2.09. The van der Waals surface area contributed by atoms with Gasteiger partial charge < -0.3 is 0 Å². The molecule has 0 spiro atoms. The van der Waals surface area contributed by atoms with Crippen LogP contribution in [0.3, 0.4) is 0 Å².